The number of hydrogen-bond donors (Lipinski definition) is 0. The monoisotopic (exact) mass is 436 g/mol. The van der Waals surface area contributed by atoms with Gasteiger partial charge >= 0.3 is 0 Å². The number of carbonyl (C=O) groups is 1. The molecule has 9 atom stereocenters. The van der Waals surface area contributed by atoms with E-state index in [2.05, 4.69) is 61.1 Å². The van der Waals surface area contributed by atoms with Crippen molar-refractivity contribution in [3.8, 4) is 0 Å². The Balaban J connectivity index is 1.57. The van der Waals surface area contributed by atoms with Crippen molar-refractivity contribution >= 4 is 6.29 Å². The third-order valence-electron chi connectivity index (χ3n) is 13.4. The molecule has 0 heterocycles. The number of allylic oxidation sites excluding steroid dienone is 3. The molecule has 0 unspecified atom stereocenters. The van der Waals surface area contributed by atoms with Crippen LogP contribution < -0.4 is 0 Å². The zero-order valence-electron chi connectivity index (χ0n) is 22.0. The molecule has 1 nitrogen and oxygen atoms in total. The third kappa shape index (κ3) is 2.55. The van der Waals surface area contributed by atoms with Crippen molar-refractivity contribution in [2.45, 2.75) is 106 Å². The molecular weight excluding hydrogens is 388 g/mol. The van der Waals surface area contributed by atoms with Gasteiger partial charge in [0.15, 0.2) is 0 Å². The normalized spacial score (nSPS) is 53.8. The number of hydrogen-bond acceptors (Lipinski definition) is 1. The van der Waals surface area contributed by atoms with E-state index in [4.69, 9.17) is 0 Å². The Labute approximate surface area is 197 Å². The van der Waals surface area contributed by atoms with Crippen LogP contribution in [-0.2, 0) is 4.79 Å². The van der Waals surface area contributed by atoms with Gasteiger partial charge in [0.05, 0.1) is 0 Å². The van der Waals surface area contributed by atoms with E-state index < -0.39 is 0 Å². The molecule has 0 aromatic rings. The zero-order valence-corrected chi connectivity index (χ0v) is 22.0. The van der Waals surface area contributed by atoms with Gasteiger partial charge in [-0.1, -0.05) is 58.4 Å². The van der Waals surface area contributed by atoms with Gasteiger partial charge in [0, 0.05) is 5.41 Å². The quantitative estimate of drug-likeness (QED) is 0.314. The van der Waals surface area contributed by atoms with Crippen LogP contribution >= 0.6 is 0 Å². The summed E-state index contributed by atoms with van der Waals surface area (Å²) in [6, 6.07) is 0. The molecule has 0 aromatic carbocycles. The Morgan fingerprint density at radius 2 is 1.66 bits per heavy atom. The summed E-state index contributed by atoms with van der Waals surface area (Å²) in [5, 5.41) is 0. The minimum atomic E-state index is -0.0647. The zero-order chi connectivity index (χ0) is 23.3. The average Bonchev–Trinajstić information content (AvgIpc) is 3.12. The second-order valence-corrected chi connectivity index (χ2v) is 14.3. The molecule has 5 aliphatic rings. The van der Waals surface area contributed by atoms with Gasteiger partial charge in [0.1, 0.15) is 6.29 Å². The summed E-state index contributed by atoms with van der Waals surface area (Å²) in [6.45, 7) is 22.1. The Morgan fingerprint density at radius 1 is 0.938 bits per heavy atom. The van der Waals surface area contributed by atoms with Gasteiger partial charge in [-0.05, 0) is 123 Å². The fourth-order valence-corrected chi connectivity index (χ4v) is 11.2. The molecule has 32 heavy (non-hydrogen) atoms. The summed E-state index contributed by atoms with van der Waals surface area (Å²) >= 11 is 0. The summed E-state index contributed by atoms with van der Waals surface area (Å²) in [5.74, 6) is 3.36. The van der Waals surface area contributed by atoms with Gasteiger partial charge in [-0.3, -0.25) is 0 Å². The maximum atomic E-state index is 12.6. The SMILES string of the molecule is C=C(C)[C@@H]1CC[C@]2(C=O)CC[C@]3(C)[C@H](CC[C@@H]4[C@@]5(C)CC=C(C)C(C)(C)[C@@H]5CC[C@]43C)[C@@H]12. The second-order valence-electron chi connectivity index (χ2n) is 14.3. The Morgan fingerprint density at radius 3 is 2.31 bits per heavy atom. The smallest absolute Gasteiger partial charge is 0.126 e. The lowest BCUT2D eigenvalue weighted by Gasteiger charge is -2.72. The molecule has 178 valence electrons. The summed E-state index contributed by atoms with van der Waals surface area (Å²) < 4.78 is 0. The first kappa shape index (κ1) is 22.9. The summed E-state index contributed by atoms with van der Waals surface area (Å²) in [6.07, 6.45) is 15.4. The molecule has 0 bridgehead atoms. The third-order valence-corrected chi connectivity index (χ3v) is 13.4. The molecule has 5 rings (SSSR count). The van der Waals surface area contributed by atoms with Crippen LogP contribution in [0.15, 0.2) is 23.8 Å². The van der Waals surface area contributed by atoms with Crippen molar-refractivity contribution in [2.24, 2.45) is 56.7 Å². The van der Waals surface area contributed by atoms with Gasteiger partial charge < -0.3 is 4.79 Å². The maximum absolute atomic E-state index is 12.6. The highest BCUT2D eigenvalue weighted by molar-refractivity contribution is 5.62. The van der Waals surface area contributed by atoms with Crippen LogP contribution in [0.2, 0.25) is 0 Å². The minimum Gasteiger partial charge on any atom is -0.303 e. The van der Waals surface area contributed by atoms with Crippen molar-refractivity contribution in [1.82, 2.24) is 0 Å². The molecule has 0 spiro atoms. The van der Waals surface area contributed by atoms with E-state index in [-0.39, 0.29) is 5.41 Å². The van der Waals surface area contributed by atoms with Crippen LogP contribution in [0.5, 0.6) is 0 Å². The molecule has 0 saturated heterocycles. The molecule has 0 radical (unpaired) electrons. The lowest BCUT2D eigenvalue weighted by Crippen LogP contribution is -2.65. The summed E-state index contributed by atoms with van der Waals surface area (Å²) in [5.41, 5.74) is 4.35. The van der Waals surface area contributed by atoms with Gasteiger partial charge in [0.2, 0.25) is 0 Å². The molecular formula is C31H48O. The minimum absolute atomic E-state index is 0.0647. The first-order valence-corrected chi connectivity index (χ1v) is 13.7. The van der Waals surface area contributed by atoms with E-state index in [0.29, 0.717) is 39.4 Å². The number of carbonyl (C=O) groups excluding carboxylic acids is 1. The van der Waals surface area contributed by atoms with E-state index in [9.17, 15) is 4.79 Å². The van der Waals surface area contributed by atoms with Gasteiger partial charge in [-0.2, -0.15) is 0 Å². The highest BCUT2D eigenvalue weighted by Gasteiger charge is 2.70. The van der Waals surface area contributed by atoms with Crippen molar-refractivity contribution < 1.29 is 4.79 Å². The predicted molar refractivity (Wildman–Crippen MR) is 134 cm³/mol. The van der Waals surface area contributed by atoms with Crippen LogP contribution in [0.3, 0.4) is 0 Å². The van der Waals surface area contributed by atoms with E-state index in [1.807, 2.05) is 0 Å². The second kappa shape index (κ2) is 6.85. The molecule has 0 aromatic heterocycles. The van der Waals surface area contributed by atoms with Crippen molar-refractivity contribution in [2.75, 3.05) is 0 Å². The van der Waals surface area contributed by atoms with Crippen molar-refractivity contribution in [3.63, 3.8) is 0 Å². The molecule has 5 aliphatic carbocycles. The Kier molecular flexibility index (Phi) is 4.91. The number of aldehydes is 1. The fourth-order valence-electron chi connectivity index (χ4n) is 11.2. The van der Waals surface area contributed by atoms with Crippen molar-refractivity contribution in [3.05, 3.63) is 23.8 Å². The van der Waals surface area contributed by atoms with Gasteiger partial charge in [0.25, 0.3) is 0 Å². The first-order chi connectivity index (χ1) is 14.9. The predicted octanol–water partition coefficient (Wildman–Crippen LogP) is 8.40. The molecule has 4 fully saturated rings. The molecule has 4 saturated carbocycles. The fraction of sp³-hybridized carbons (Fsp3) is 0.839. The van der Waals surface area contributed by atoms with Crippen molar-refractivity contribution in [1.29, 1.82) is 0 Å². The van der Waals surface area contributed by atoms with Crippen LogP contribution in [0, 0.1) is 56.7 Å². The average molecular weight is 437 g/mol. The van der Waals surface area contributed by atoms with Crippen LogP contribution in [0.1, 0.15) is 106 Å². The molecule has 0 aliphatic heterocycles. The standard InChI is InChI=1S/C31H48O/c1-20(2)22-12-16-31(19-32)18-17-29(7)23(26(22)31)9-10-25-28(6)14-11-21(3)27(4,5)24(28)13-15-30(25,29)8/h11,19,22-26H,1,9-10,12-18H2,2-8H3/t22-,23+,24-,25+,26+,28-,29+,30+,31+/m0/s1. The first-order valence-electron chi connectivity index (χ1n) is 13.7. The Bertz CT molecular complexity index is 864. The van der Waals surface area contributed by atoms with E-state index in [1.165, 1.54) is 56.8 Å². The largest absolute Gasteiger partial charge is 0.303 e. The van der Waals surface area contributed by atoms with Crippen LogP contribution in [0.4, 0.5) is 0 Å². The van der Waals surface area contributed by atoms with Crippen LogP contribution in [-0.4, -0.2) is 6.29 Å². The maximum Gasteiger partial charge on any atom is 0.126 e. The van der Waals surface area contributed by atoms with Gasteiger partial charge in [-0.15, -0.1) is 0 Å². The lowest BCUT2D eigenvalue weighted by atomic mass is 9.32. The lowest BCUT2D eigenvalue weighted by molar-refractivity contribution is -0.224. The molecule has 0 N–H and O–H groups in total. The van der Waals surface area contributed by atoms with Gasteiger partial charge in [-0.25, -0.2) is 0 Å². The number of rotatable bonds is 2. The number of fused-ring (bicyclic) bond motifs is 7. The van der Waals surface area contributed by atoms with E-state index in [0.717, 1.165) is 24.7 Å². The Hall–Kier alpha value is -0.850. The highest BCUT2D eigenvalue weighted by atomic mass is 16.1. The summed E-state index contributed by atoms with van der Waals surface area (Å²) in [7, 11) is 0. The topological polar surface area (TPSA) is 17.1 Å². The van der Waals surface area contributed by atoms with E-state index >= 15 is 0 Å². The molecule has 0 amide bonds. The van der Waals surface area contributed by atoms with E-state index in [1.54, 1.807) is 5.57 Å². The van der Waals surface area contributed by atoms with Crippen LogP contribution in [0.25, 0.3) is 0 Å². The molecule has 1 heteroatoms. The highest BCUT2D eigenvalue weighted by Crippen LogP contribution is 2.77. The summed E-state index contributed by atoms with van der Waals surface area (Å²) in [4.78, 5) is 12.6.